The first-order valence-electron chi connectivity index (χ1n) is 7.53. The standard InChI is InChI=1S/C19H13Cl3N2/c20-9-14-8-16-15-3-1-2-4-18(15)24(19(16)10-23-14)11-12-7-13(21)5-6-17(12)22/h1-8,10H,9,11H2. The van der Waals surface area contributed by atoms with E-state index in [1.165, 1.54) is 5.39 Å². The highest BCUT2D eigenvalue weighted by Crippen LogP contribution is 2.31. The molecule has 5 heteroatoms. The van der Waals surface area contributed by atoms with Gasteiger partial charge in [0.1, 0.15) is 0 Å². The minimum atomic E-state index is 0.398. The van der Waals surface area contributed by atoms with E-state index in [0.717, 1.165) is 27.7 Å². The van der Waals surface area contributed by atoms with Crippen LogP contribution in [-0.2, 0) is 12.4 Å². The van der Waals surface area contributed by atoms with Gasteiger partial charge in [0.2, 0.25) is 0 Å². The molecule has 0 saturated carbocycles. The number of alkyl halides is 1. The molecule has 0 atom stereocenters. The van der Waals surface area contributed by atoms with Crippen LogP contribution in [0.4, 0.5) is 0 Å². The Morgan fingerprint density at radius 2 is 1.75 bits per heavy atom. The monoisotopic (exact) mass is 374 g/mol. The molecule has 0 saturated heterocycles. The first-order chi connectivity index (χ1) is 11.7. The van der Waals surface area contributed by atoms with Gasteiger partial charge in [0.15, 0.2) is 0 Å². The molecule has 0 aliphatic carbocycles. The normalized spacial score (nSPS) is 11.5. The number of hydrogen-bond acceptors (Lipinski definition) is 1. The summed E-state index contributed by atoms with van der Waals surface area (Å²) in [6.45, 7) is 0.630. The minimum absolute atomic E-state index is 0.398. The molecule has 120 valence electrons. The molecule has 0 radical (unpaired) electrons. The van der Waals surface area contributed by atoms with Crippen molar-refractivity contribution < 1.29 is 0 Å². The van der Waals surface area contributed by atoms with Crippen LogP contribution in [0.25, 0.3) is 21.8 Å². The summed E-state index contributed by atoms with van der Waals surface area (Å²) >= 11 is 18.4. The van der Waals surface area contributed by atoms with Gasteiger partial charge in [-0.25, -0.2) is 0 Å². The van der Waals surface area contributed by atoms with E-state index in [1.54, 1.807) is 6.07 Å². The topological polar surface area (TPSA) is 17.8 Å². The molecule has 2 aromatic heterocycles. The van der Waals surface area contributed by atoms with E-state index < -0.39 is 0 Å². The third kappa shape index (κ3) is 2.65. The molecule has 0 amide bonds. The molecule has 0 aliphatic rings. The van der Waals surface area contributed by atoms with Gasteiger partial charge in [-0.05, 0) is 35.9 Å². The smallest absolute Gasteiger partial charge is 0.0681 e. The molecular weight excluding hydrogens is 363 g/mol. The van der Waals surface area contributed by atoms with Crippen LogP contribution < -0.4 is 0 Å². The Morgan fingerprint density at radius 1 is 0.917 bits per heavy atom. The summed E-state index contributed by atoms with van der Waals surface area (Å²) in [6.07, 6.45) is 1.88. The second kappa shape index (κ2) is 6.29. The van der Waals surface area contributed by atoms with E-state index in [2.05, 4.69) is 27.8 Å². The molecule has 2 aromatic carbocycles. The number of rotatable bonds is 3. The van der Waals surface area contributed by atoms with Crippen LogP contribution in [0.1, 0.15) is 11.3 Å². The zero-order valence-corrected chi connectivity index (χ0v) is 14.9. The van der Waals surface area contributed by atoms with Crippen LogP contribution in [0.3, 0.4) is 0 Å². The Labute approximate surface area is 154 Å². The fourth-order valence-corrected chi connectivity index (χ4v) is 3.59. The van der Waals surface area contributed by atoms with Crippen molar-refractivity contribution in [1.29, 1.82) is 0 Å². The maximum atomic E-state index is 6.36. The minimum Gasteiger partial charge on any atom is -0.335 e. The maximum absolute atomic E-state index is 6.36. The summed E-state index contributed by atoms with van der Waals surface area (Å²) in [6, 6.07) is 15.9. The number of para-hydroxylation sites is 1. The van der Waals surface area contributed by atoms with Crippen molar-refractivity contribution in [1.82, 2.24) is 9.55 Å². The van der Waals surface area contributed by atoms with E-state index in [-0.39, 0.29) is 0 Å². The summed E-state index contributed by atoms with van der Waals surface area (Å²) in [5.41, 5.74) is 4.04. The van der Waals surface area contributed by atoms with E-state index in [1.807, 2.05) is 30.5 Å². The maximum Gasteiger partial charge on any atom is 0.0681 e. The van der Waals surface area contributed by atoms with Crippen molar-refractivity contribution in [2.75, 3.05) is 0 Å². The predicted octanol–water partition coefficient (Wildman–Crippen LogP) is 6.28. The zero-order chi connectivity index (χ0) is 16.7. The number of halogens is 3. The van der Waals surface area contributed by atoms with Gasteiger partial charge in [0, 0.05) is 32.9 Å². The van der Waals surface area contributed by atoms with Crippen LogP contribution >= 0.6 is 34.8 Å². The van der Waals surface area contributed by atoms with Crippen LogP contribution in [-0.4, -0.2) is 9.55 Å². The highest BCUT2D eigenvalue weighted by molar-refractivity contribution is 6.33. The Bertz CT molecular complexity index is 1050. The first-order valence-corrected chi connectivity index (χ1v) is 8.82. The highest BCUT2D eigenvalue weighted by Gasteiger charge is 2.13. The highest BCUT2D eigenvalue weighted by atomic mass is 35.5. The van der Waals surface area contributed by atoms with Crippen LogP contribution in [0.5, 0.6) is 0 Å². The van der Waals surface area contributed by atoms with Gasteiger partial charge in [-0.2, -0.15) is 0 Å². The number of nitrogens with zero attached hydrogens (tertiary/aromatic N) is 2. The lowest BCUT2D eigenvalue weighted by Gasteiger charge is -2.10. The molecule has 2 nitrogen and oxygen atoms in total. The number of hydrogen-bond donors (Lipinski definition) is 0. The number of benzene rings is 2. The lowest BCUT2D eigenvalue weighted by molar-refractivity contribution is 0.866. The molecular formula is C19H13Cl3N2. The molecule has 0 spiro atoms. The zero-order valence-electron chi connectivity index (χ0n) is 12.6. The quantitative estimate of drug-likeness (QED) is 0.385. The third-order valence-corrected chi connectivity index (χ3v) is 5.07. The Kier molecular flexibility index (Phi) is 4.13. The van der Waals surface area contributed by atoms with Gasteiger partial charge in [-0.15, -0.1) is 11.6 Å². The van der Waals surface area contributed by atoms with Crippen molar-refractivity contribution in [2.24, 2.45) is 0 Å². The summed E-state index contributed by atoms with van der Waals surface area (Å²) in [4.78, 5) is 4.45. The first kappa shape index (κ1) is 15.8. The lowest BCUT2D eigenvalue weighted by atomic mass is 10.2. The summed E-state index contributed by atoms with van der Waals surface area (Å²) < 4.78 is 2.22. The molecule has 0 aliphatic heterocycles. The van der Waals surface area contributed by atoms with Crippen LogP contribution in [0, 0.1) is 0 Å². The molecule has 4 rings (SSSR count). The van der Waals surface area contributed by atoms with E-state index >= 15 is 0 Å². The van der Waals surface area contributed by atoms with Crippen LogP contribution in [0.2, 0.25) is 10.0 Å². The van der Waals surface area contributed by atoms with Gasteiger partial charge in [-0.1, -0.05) is 41.4 Å². The van der Waals surface area contributed by atoms with Gasteiger partial charge in [-0.3, -0.25) is 4.98 Å². The predicted molar refractivity (Wildman–Crippen MR) is 102 cm³/mol. The van der Waals surface area contributed by atoms with E-state index in [0.29, 0.717) is 22.5 Å². The van der Waals surface area contributed by atoms with Crippen molar-refractivity contribution >= 4 is 56.6 Å². The summed E-state index contributed by atoms with van der Waals surface area (Å²) in [7, 11) is 0. The average Bonchev–Trinajstić information content (AvgIpc) is 2.92. The summed E-state index contributed by atoms with van der Waals surface area (Å²) in [5.74, 6) is 0.398. The largest absolute Gasteiger partial charge is 0.335 e. The number of fused-ring (bicyclic) bond motifs is 3. The molecule has 0 fully saturated rings. The lowest BCUT2D eigenvalue weighted by Crippen LogP contribution is -2.00. The molecule has 0 unspecified atom stereocenters. The average molecular weight is 376 g/mol. The number of aromatic nitrogens is 2. The molecule has 0 bridgehead atoms. The SMILES string of the molecule is ClCc1cc2c3ccccc3n(Cc3cc(Cl)ccc3Cl)c2cn1. The van der Waals surface area contributed by atoms with E-state index in [4.69, 9.17) is 34.8 Å². The molecule has 0 N–H and O–H groups in total. The van der Waals surface area contributed by atoms with Crippen LogP contribution in [0.15, 0.2) is 54.7 Å². The van der Waals surface area contributed by atoms with Crippen molar-refractivity contribution in [3.63, 3.8) is 0 Å². The summed E-state index contributed by atoms with van der Waals surface area (Å²) in [5, 5.41) is 3.71. The van der Waals surface area contributed by atoms with Gasteiger partial charge in [0.05, 0.1) is 23.3 Å². The van der Waals surface area contributed by atoms with Crippen molar-refractivity contribution in [3.8, 4) is 0 Å². The second-order valence-electron chi connectivity index (χ2n) is 5.67. The van der Waals surface area contributed by atoms with Crippen molar-refractivity contribution in [3.05, 3.63) is 76.0 Å². The van der Waals surface area contributed by atoms with Crippen molar-refractivity contribution in [2.45, 2.75) is 12.4 Å². The van der Waals surface area contributed by atoms with Gasteiger partial charge >= 0.3 is 0 Å². The Balaban J connectivity index is 1.97. The molecule has 24 heavy (non-hydrogen) atoms. The molecule has 4 aromatic rings. The van der Waals surface area contributed by atoms with E-state index in [9.17, 15) is 0 Å². The number of pyridine rings is 1. The third-order valence-electron chi connectivity index (χ3n) is 4.19. The van der Waals surface area contributed by atoms with Gasteiger partial charge < -0.3 is 4.57 Å². The fourth-order valence-electron chi connectivity index (χ4n) is 3.07. The fraction of sp³-hybridized carbons (Fsp3) is 0.105. The Hall–Kier alpha value is -1.74. The Morgan fingerprint density at radius 3 is 2.58 bits per heavy atom. The second-order valence-corrected chi connectivity index (χ2v) is 6.78. The van der Waals surface area contributed by atoms with Gasteiger partial charge in [0.25, 0.3) is 0 Å². The molecule has 2 heterocycles.